The number of amides is 5. The van der Waals surface area contributed by atoms with E-state index >= 15 is 0 Å². The van der Waals surface area contributed by atoms with Gasteiger partial charge in [0.2, 0.25) is 17.5 Å². The number of nitrogens with one attached hydrogen (secondary N) is 1. The third-order valence-corrected chi connectivity index (χ3v) is 13.5. The van der Waals surface area contributed by atoms with E-state index in [2.05, 4.69) is 43.9 Å². The first-order valence-electron chi connectivity index (χ1n) is 19.7. The van der Waals surface area contributed by atoms with Gasteiger partial charge >= 0.3 is 0 Å². The van der Waals surface area contributed by atoms with Crippen molar-refractivity contribution < 1.29 is 24.0 Å². The third kappa shape index (κ3) is 6.31. The number of rotatable bonds is 5. The Balaban J connectivity index is 0.765. The molecule has 2 atom stereocenters. The maximum atomic E-state index is 13.5. The van der Waals surface area contributed by atoms with Crippen LogP contribution < -0.4 is 15.1 Å². The number of hydrogen-bond acceptors (Lipinski definition) is 8. The zero-order valence-electron chi connectivity index (χ0n) is 31.4. The molecule has 0 radical (unpaired) electrons. The van der Waals surface area contributed by atoms with Gasteiger partial charge in [0, 0.05) is 86.3 Å². The summed E-state index contributed by atoms with van der Waals surface area (Å²) in [5, 5.41) is 2.76. The molecule has 9 rings (SSSR count). The van der Waals surface area contributed by atoms with Crippen molar-refractivity contribution >= 4 is 58.2 Å². The molecule has 0 saturated carbocycles. The molecule has 3 aromatic rings. The summed E-state index contributed by atoms with van der Waals surface area (Å²) in [6.45, 7) is 15.4. The smallest absolute Gasteiger partial charge is 0.262 e. The Bertz CT molecular complexity index is 2160. The van der Waals surface area contributed by atoms with Crippen molar-refractivity contribution in [2.24, 2.45) is 5.41 Å². The molecule has 12 nitrogen and oxygen atoms in total. The highest BCUT2D eigenvalue weighted by Gasteiger charge is 2.46. The first-order chi connectivity index (χ1) is 27.0. The topological polar surface area (TPSA) is 118 Å². The monoisotopic (exact) mass is 773 g/mol. The number of nitrogens with zero attached hydrogens (tertiary/aromatic N) is 6. The molecule has 6 heterocycles. The van der Waals surface area contributed by atoms with Crippen molar-refractivity contribution in [2.45, 2.75) is 70.0 Å². The SMILES string of the molecule is [C-]#[N+]c1ccc(N2CC3(CCN(c4ccc(C(=O)N5CC(N6CCc7cc8c(cc7CC6)C(=O)N(C6CCC(=O)NC6=O)C8=O)C5)cc4)CC3)C[C@@H]2C)cc1Cl. The van der Waals surface area contributed by atoms with Gasteiger partial charge in [-0.05, 0) is 111 Å². The number of carbonyl (C=O) groups excluding carboxylic acids is 5. The molecule has 288 valence electrons. The average Bonchev–Trinajstić information content (AvgIpc) is 3.51. The van der Waals surface area contributed by atoms with Gasteiger partial charge in [-0.3, -0.25) is 39.1 Å². The lowest BCUT2D eigenvalue weighted by Crippen LogP contribution is -2.61. The van der Waals surface area contributed by atoms with E-state index in [0.29, 0.717) is 46.5 Å². The zero-order valence-corrected chi connectivity index (χ0v) is 32.2. The summed E-state index contributed by atoms with van der Waals surface area (Å²) in [6, 6.07) is 17.2. The highest BCUT2D eigenvalue weighted by Crippen LogP contribution is 2.46. The van der Waals surface area contributed by atoms with Gasteiger partial charge in [-0.15, -0.1) is 0 Å². The van der Waals surface area contributed by atoms with Gasteiger partial charge in [-0.1, -0.05) is 17.7 Å². The van der Waals surface area contributed by atoms with E-state index in [1.807, 2.05) is 47.4 Å². The minimum absolute atomic E-state index is 0.0436. The number of benzene rings is 3. The summed E-state index contributed by atoms with van der Waals surface area (Å²) < 4.78 is 0. The fraction of sp³-hybridized carbons (Fsp3) is 0.442. The van der Waals surface area contributed by atoms with Crippen LogP contribution in [0.25, 0.3) is 4.85 Å². The van der Waals surface area contributed by atoms with Gasteiger partial charge in [0.15, 0.2) is 0 Å². The van der Waals surface area contributed by atoms with Gasteiger partial charge in [-0.2, -0.15) is 0 Å². The molecule has 0 aliphatic carbocycles. The number of likely N-dealkylation sites (tertiary alicyclic amines) is 1. The van der Waals surface area contributed by atoms with E-state index in [0.717, 1.165) is 92.2 Å². The van der Waals surface area contributed by atoms with Crippen molar-refractivity contribution in [3.63, 3.8) is 0 Å². The van der Waals surface area contributed by atoms with Gasteiger partial charge in [0.05, 0.1) is 17.7 Å². The van der Waals surface area contributed by atoms with Crippen LogP contribution in [0.3, 0.4) is 0 Å². The standard InChI is InChI=1S/C43H44ClN7O5/c1-26-22-43(25-50(26)31-7-8-36(45-2)35(44)21-31)13-17-48(18-14-43)30-5-3-27(4-6-30)40(54)49-23-32(24-49)47-15-11-28-19-33-34(20-29(28)12-16-47)42(56)51(41(33)55)37-9-10-38(52)46-39(37)53/h3-8,19-21,26,32,37H,9-18,22-25H2,1H3,(H,46,52,53)/t26-,37?/m0/s1. The van der Waals surface area contributed by atoms with Crippen molar-refractivity contribution in [1.29, 1.82) is 0 Å². The zero-order chi connectivity index (χ0) is 38.9. The molecule has 0 bridgehead atoms. The molecule has 3 aromatic carbocycles. The van der Waals surface area contributed by atoms with Gasteiger partial charge in [0.25, 0.3) is 17.7 Å². The number of halogens is 1. The van der Waals surface area contributed by atoms with Crippen LogP contribution in [0.15, 0.2) is 54.6 Å². The van der Waals surface area contributed by atoms with E-state index in [1.54, 1.807) is 0 Å². The Morgan fingerprint density at radius 3 is 2.11 bits per heavy atom. The first kappa shape index (κ1) is 36.4. The van der Waals surface area contributed by atoms with Crippen LogP contribution in [0.4, 0.5) is 17.1 Å². The number of piperidine rings is 2. The molecule has 56 heavy (non-hydrogen) atoms. The van der Waals surface area contributed by atoms with E-state index in [-0.39, 0.29) is 30.2 Å². The molecule has 1 spiro atoms. The molecule has 5 amide bonds. The number of fused-ring (bicyclic) bond motifs is 2. The maximum Gasteiger partial charge on any atom is 0.262 e. The van der Waals surface area contributed by atoms with Crippen LogP contribution in [0, 0.1) is 12.0 Å². The van der Waals surface area contributed by atoms with Crippen LogP contribution in [0.5, 0.6) is 0 Å². The molecule has 6 aliphatic heterocycles. The van der Waals surface area contributed by atoms with Crippen molar-refractivity contribution in [3.8, 4) is 0 Å². The first-order valence-corrected chi connectivity index (χ1v) is 20.1. The number of hydrogen-bond donors (Lipinski definition) is 1. The average molecular weight is 774 g/mol. The molecular weight excluding hydrogens is 730 g/mol. The van der Waals surface area contributed by atoms with Crippen LogP contribution in [0.2, 0.25) is 5.02 Å². The minimum Gasteiger partial charge on any atom is -0.371 e. The summed E-state index contributed by atoms with van der Waals surface area (Å²) in [4.78, 5) is 78.1. The number of carbonyl (C=O) groups is 5. The Hall–Kier alpha value is -5.25. The quantitative estimate of drug-likeness (QED) is 0.281. The normalized spacial score (nSPS) is 23.8. The van der Waals surface area contributed by atoms with Crippen LogP contribution in [0.1, 0.15) is 81.2 Å². The Morgan fingerprint density at radius 2 is 1.50 bits per heavy atom. The lowest BCUT2D eigenvalue weighted by Gasteiger charge is -2.45. The summed E-state index contributed by atoms with van der Waals surface area (Å²) in [6.07, 6.45) is 4.99. The summed E-state index contributed by atoms with van der Waals surface area (Å²) in [5.41, 5.74) is 6.37. The predicted octanol–water partition coefficient (Wildman–Crippen LogP) is 5.10. The molecule has 4 fully saturated rings. The second kappa shape index (κ2) is 14.0. The maximum absolute atomic E-state index is 13.5. The van der Waals surface area contributed by atoms with E-state index in [4.69, 9.17) is 18.2 Å². The summed E-state index contributed by atoms with van der Waals surface area (Å²) in [7, 11) is 0. The van der Waals surface area contributed by atoms with E-state index in [9.17, 15) is 24.0 Å². The van der Waals surface area contributed by atoms with Gasteiger partial charge in [-0.25, -0.2) is 4.85 Å². The number of imide groups is 2. The molecule has 6 aliphatic rings. The highest BCUT2D eigenvalue weighted by molar-refractivity contribution is 6.33. The molecule has 13 heteroatoms. The summed E-state index contributed by atoms with van der Waals surface area (Å²) >= 11 is 6.38. The summed E-state index contributed by atoms with van der Waals surface area (Å²) in [5.74, 6) is -1.91. The second-order valence-corrected chi connectivity index (χ2v) is 16.9. The molecule has 0 aromatic heterocycles. The fourth-order valence-electron chi connectivity index (χ4n) is 9.96. The Morgan fingerprint density at radius 1 is 0.857 bits per heavy atom. The molecule has 1 unspecified atom stereocenters. The Labute approximate surface area is 331 Å². The predicted molar refractivity (Wildman–Crippen MR) is 211 cm³/mol. The lowest BCUT2D eigenvalue weighted by atomic mass is 9.76. The number of anilines is 2. The van der Waals surface area contributed by atoms with E-state index < -0.39 is 29.7 Å². The molecular formula is C43H44ClN7O5. The molecule has 4 saturated heterocycles. The second-order valence-electron chi connectivity index (χ2n) is 16.5. The third-order valence-electron chi connectivity index (χ3n) is 13.2. The van der Waals surface area contributed by atoms with Crippen LogP contribution in [-0.4, -0.2) is 108 Å². The van der Waals surface area contributed by atoms with Crippen molar-refractivity contribution in [1.82, 2.24) is 20.0 Å². The van der Waals surface area contributed by atoms with Crippen LogP contribution >= 0.6 is 11.6 Å². The lowest BCUT2D eigenvalue weighted by molar-refractivity contribution is -0.136. The van der Waals surface area contributed by atoms with E-state index in [1.165, 1.54) is 0 Å². The largest absolute Gasteiger partial charge is 0.371 e. The Kier molecular flexibility index (Phi) is 9.13. The minimum atomic E-state index is -0.974. The van der Waals surface area contributed by atoms with Crippen molar-refractivity contribution in [2.75, 3.05) is 55.6 Å². The fourth-order valence-corrected chi connectivity index (χ4v) is 10.2. The highest BCUT2D eigenvalue weighted by atomic mass is 35.5. The molecule has 1 N–H and O–H groups in total. The van der Waals surface area contributed by atoms with Gasteiger partial charge in [0.1, 0.15) is 6.04 Å². The van der Waals surface area contributed by atoms with Crippen LogP contribution in [-0.2, 0) is 22.4 Å². The van der Waals surface area contributed by atoms with Gasteiger partial charge < -0.3 is 14.7 Å². The van der Waals surface area contributed by atoms with Crippen molar-refractivity contribution in [3.05, 3.63) is 98.9 Å².